The molecular formula is C25H22CuN4Na4O17S5+4. The van der Waals surface area contributed by atoms with Crippen LogP contribution in [0.15, 0.2) is 89.6 Å². The van der Waals surface area contributed by atoms with Crippen LogP contribution in [0.3, 0.4) is 0 Å². The average molecular weight is 966 g/mol. The first-order chi connectivity index (χ1) is 23.3. The Morgan fingerprint density at radius 2 is 1.32 bits per heavy atom. The van der Waals surface area contributed by atoms with Crippen LogP contribution < -0.4 is 129 Å². The van der Waals surface area contributed by atoms with Gasteiger partial charge < -0.3 is 10.9 Å². The van der Waals surface area contributed by atoms with E-state index < -0.39 is 112 Å². The SMILES string of the molecule is CC1=C/C(=N/N=C2/C(=O)c3c(cc(S(=O)(=O)O)cc3S(=O)(=O)O)C=C2S(=O)(=O)O)C(=O)C=C1NNc1cccc(S(=O)(=O)CCOS(=O)(=O)O)c1.[Cu].[Na+].[Na+].[Na+].[Na+]. The monoisotopic (exact) mass is 965 g/mol. The minimum atomic E-state index is -5.41. The molecule has 0 bridgehead atoms. The third-order valence-electron chi connectivity index (χ3n) is 6.60. The van der Waals surface area contributed by atoms with Gasteiger partial charge in [-0.05, 0) is 60.5 Å². The summed E-state index contributed by atoms with van der Waals surface area (Å²) < 4.78 is 160. The number of hydrogen-bond acceptors (Lipinski definition) is 17. The Hall–Kier alpha value is 0.00948. The van der Waals surface area contributed by atoms with Crippen LogP contribution >= 0.6 is 0 Å². The van der Waals surface area contributed by atoms with Crippen molar-refractivity contribution in [1.29, 1.82) is 0 Å². The quantitative estimate of drug-likeness (QED) is 0.0498. The molecule has 0 saturated carbocycles. The fourth-order valence-electron chi connectivity index (χ4n) is 4.31. The molecule has 0 aromatic heterocycles. The van der Waals surface area contributed by atoms with Gasteiger partial charge in [0.1, 0.15) is 15.5 Å². The van der Waals surface area contributed by atoms with Gasteiger partial charge in [0, 0.05) is 23.1 Å². The Morgan fingerprint density at radius 1 is 0.714 bits per heavy atom. The van der Waals surface area contributed by atoms with Gasteiger partial charge in [-0.25, -0.2) is 12.6 Å². The molecule has 0 unspecified atom stereocenters. The van der Waals surface area contributed by atoms with Crippen LogP contribution in [0, 0.1) is 0 Å². The fraction of sp³-hybridized carbons (Fsp3) is 0.120. The van der Waals surface area contributed by atoms with Crippen LogP contribution in [0.4, 0.5) is 5.69 Å². The number of hydrazine groups is 1. The third-order valence-corrected chi connectivity index (χ3v) is 11.3. The zero-order valence-corrected chi connectivity index (χ0v) is 42.5. The summed E-state index contributed by atoms with van der Waals surface area (Å²) in [6, 6.07) is 5.82. The minimum Gasteiger partial charge on any atom is -0.301 e. The van der Waals surface area contributed by atoms with Crippen LogP contribution in [0.25, 0.3) is 6.08 Å². The predicted octanol–water partition coefficient (Wildman–Crippen LogP) is -12.0. The summed E-state index contributed by atoms with van der Waals surface area (Å²) in [6.45, 7) is 0.590. The first kappa shape index (κ1) is 58.1. The molecule has 56 heavy (non-hydrogen) atoms. The summed E-state index contributed by atoms with van der Waals surface area (Å²) in [6.07, 6.45) is 2.49. The smallest absolute Gasteiger partial charge is 0.301 e. The largest absolute Gasteiger partial charge is 1.00 e. The van der Waals surface area contributed by atoms with Gasteiger partial charge in [-0.15, -0.1) is 10.2 Å². The summed E-state index contributed by atoms with van der Waals surface area (Å²) in [4.78, 5) is 22.1. The molecule has 2 aliphatic rings. The third kappa shape index (κ3) is 15.2. The maximum atomic E-state index is 13.4. The summed E-state index contributed by atoms with van der Waals surface area (Å²) in [5.41, 5.74) is 2.26. The van der Waals surface area contributed by atoms with Crippen molar-refractivity contribution in [3.8, 4) is 0 Å². The Balaban J connectivity index is 0. The van der Waals surface area contributed by atoms with Crippen LogP contribution in [0.2, 0.25) is 0 Å². The molecular weight excluding hydrogens is 944 g/mol. The number of allylic oxidation sites excluding steroid dienone is 4. The molecule has 0 heterocycles. The van der Waals surface area contributed by atoms with Crippen molar-refractivity contribution >= 4 is 85.3 Å². The van der Waals surface area contributed by atoms with E-state index in [4.69, 9.17) is 4.55 Å². The summed E-state index contributed by atoms with van der Waals surface area (Å²) >= 11 is 0. The second-order valence-corrected chi connectivity index (χ2v) is 17.6. The van der Waals surface area contributed by atoms with E-state index in [-0.39, 0.29) is 163 Å². The van der Waals surface area contributed by atoms with Gasteiger partial charge in [0.15, 0.2) is 15.5 Å². The van der Waals surface area contributed by atoms with Gasteiger partial charge in [0.05, 0.1) is 39.1 Å². The fourth-order valence-corrected chi connectivity index (χ4v) is 7.86. The molecule has 31 heteroatoms. The number of anilines is 1. The van der Waals surface area contributed by atoms with Crippen LogP contribution in [0.5, 0.6) is 0 Å². The van der Waals surface area contributed by atoms with Crippen molar-refractivity contribution < 1.29 is 209 Å². The molecule has 6 N–H and O–H groups in total. The van der Waals surface area contributed by atoms with Gasteiger partial charge in [-0.1, -0.05) is 6.07 Å². The first-order valence-corrected chi connectivity index (χ1v) is 20.6. The molecule has 21 nitrogen and oxygen atoms in total. The van der Waals surface area contributed by atoms with Gasteiger partial charge in [-0.2, -0.15) is 33.7 Å². The van der Waals surface area contributed by atoms with Crippen LogP contribution in [-0.2, 0) is 76.6 Å². The van der Waals surface area contributed by atoms with E-state index in [0.717, 1.165) is 18.2 Å². The Kier molecular flexibility index (Phi) is 23.0. The normalized spacial score (nSPS) is 15.9. The standard InChI is InChI=1S/C25H22N4O17S5.Cu.4Na/c1-13-7-19(20(30)12-18(13)27-26-15-3-2-4-16(10-15)47(32,33)6-5-46-51(43,44)45)28-29-24-22(50(40,41)42)9-14-8-17(48(34,35)36)11-21(49(37,38)39)23(14)25(24)31;;;;;/h2-4,7-12,26-27H,5-6H2,1H3,(H,34,35,36)(H,37,38,39)(H,40,41,42)(H,43,44,45);;;;;/q;;4*+1/b28-19-,29-24+;;;;;. The molecule has 0 spiro atoms. The van der Waals surface area contributed by atoms with Crippen LogP contribution in [0.1, 0.15) is 22.8 Å². The van der Waals surface area contributed by atoms with Gasteiger partial charge in [-0.3, -0.25) is 27.8 Å². The maximum absolute atomic E-state index is 13.4. The molecule has 4 rings (SSSR count). The Bertz CT molecular complexity index is 2630. The number of fused-ring (bicyclic) bond motifs is 1. The predicted molar refractivity (Wildman–Crippen MR) is 174 cm³/mol. The molecule has 2 aromatic rings. The molecule has 0 amide bonds. The minimum absolute atomic E-state index is 0. The van der Waals surface area contributed by atoms with Crippen molar-refractivity contribution in [3.05, 3.63) is 75.9 Å². The van der Waals surface area contributed by atoms with Crippen molar-refractivity contribution in [1.82, 2.24) is 5.43 Å². The second kappa shape index (κ2) is 22.2. The van der Waals surface area contributed by atoms with Crippen molar-refractivity contribution in [3.63, 3.8) is 0 Å². The number of sulfone groups is 1. The molecule has 0 atom stereocenters. The van der Waals surface area contributed by atoms with E-state index in [1.165, 1.54) is 25.1 Å². The van der Waals surface area contributed by atoms with Crippen molar-refractivity contribution in [2.45, 2.75) is 21.6 Å². The number of nitrogens with zero attached hydrogens (tertiary/aromatic N) is 2. The van der Waals surface area contributed by atoms with E-state index in [0.29, 0.717) is 12.1 Å². The van der Waals surface area contributed by atoms with Gasteiger partial charge in [0.25, 0.3) is 30.4 Å². The number of ketones is 2. The average Bonchev–Trinajstić information content (AvgIpc) is 2.98. The van der Waals surface area contributed by atoms with E-state index >= 15 is 0 Å². The number of carbonyl (C=O) groups is 2. The Labute approximate surface area is 419 Å². The molecule has 1 radical (unpaired) electrons. The topological polar surface area (TPSA) is 344 Å². The second-order valence-electron chi connectivity index (χ2n) is 10.2. The van der Waals surface area contributed by atoms with E-state index in [1.54, 1.807) is 0 Å². The molecule has 285 valence electrons. The number of carbonyl (C=O) groups excluding carboxylic acids is 2. The zero-order chi connectivity index (χ0) is 38.3. The molecule has 2 aromatic carbocycles. The number of hydrogen-bond donors (Lipinski definition) is 6. The Morgan fingerprint density at radius 3 is 1.86 bits per heavy atom. The number of Topliss-reactive ketones (excluding diaryl/α,β-unsaturated/α-hetero) is 1. The number of rotatable bonds is 12. The van der Waals surface area contributed by atoms with Gasteiger partial charge in [0.2, 0.25) is 11.6 Å². The molecule has 0 fully saturated rings. The number of benzene rings is 2. The first-order valence-electron chi connectivity index (χ1n) is 13.2. The van der Waals surface area contributed by atoms with Crippen molar-refractivity contribution in [2.75, 3.05) is 17.8 Å². The summed E-state index contributed by atoms with van der Waals surface area (Å²) in [7, 11) is -24.9. The zero-order valence-electron chi connectivity index (χ0n) is 29.4. The summed E-state index contributed by atoms with van der Waals surface area (Å²) in [5, 5.41) is 7.04. The molecule has 0 saturated heterocycles. The van der Waals surface area contributed by atoms with E-state index in [2.05, 4.69) is 25.2 Å². The van der Waals surface area contributed by atoms with E-state index in [9.17, 15) is 65.3 Å². The molecule has 0 aliphatic heterocycles. The van der Waals surface area contributed by atoms with Crippen LogP contribution in [-0.4, -0.2) is 95.6 Å². The number of nitrogens with one attached hydrogen (secondary N) is 2. The molecule has 2 aliphatic carbocycles. The van der Waals surface area contributed by atoms with E-state index in [1.807, 2.05) is 0 Å². The van der Waals surface area contributed by atoms with Crippen molar-refractivity contribution in [2.24, 2.45) is 10.2 Å². The maximum Gasteiger partial charge on any atom is 1.00 e. The van der Waals surface area contributed by atoms with Gasteiger partial charge >= 0.3 is 129 Å². The summed E-state index contributed by atoms with van der Waals surface area (Å²) in [5.74, 6) is -3.30.